The van der Waals surface area contributed by atoms with E-state index in [4.69, 9.17) is 5.14 Å². The van der Waals surface area contributed by atoms with E-state index < -0.39 is 21.8 Å². The lowest BCUT2D eigenvalue weighted by Gasteiger charge is -2.12. The number of rotatable bonds is 10. The average molecular weight is 601 g/mol. The number of sulfonamides is 1. The second kappa shape index (κ2) is 13.8. The summed E-state index contributed by atoms with van der Waals surface area (Å²) >= 11 is 1.29. The molecule has 0 saturated heterocycles. The van der Waals surface area contributed by atoms with Gasteiger partial charge in [0.2, 0.25) is 15.9 Å². The van der Waals surface area contributed by atoms with E-state index in [-0.39, 0.29) is 22.3 Å². The highest BCUT2D eigenvalue weighted by molar-refractivity contribution is 8.00. The zero-order chi connectivity index (χ0) is 30.1. The molecule has 0 aliphatic carbocycles. The Hall–Kier alpha value is -4.71. The van der Waals surface area contributed by atoms with Gasteiger partial charge >= 0.3 is 0 Å². The summed E-state index contributed by atoms with van der Waals surface area (Å²) in [5, 5.41) is 13.3. The third-order valence-electron chi connectivity index (χ3n) is 5.83. The van der Waals surface area contributed by atoms with Crippen LogP contribution in [0.25, 0.3) is 6.08 Å². The molecule has 3 amide bonds. The van der Waals surface area contributed by atoms with Gasteiger partial charge in [-0.15, -0.1) is 11.8 Å². The number of nitrogens with one attached hydrogen (secondary N) is 3. The Morgan fingerprint density at radius 3 is 2.10 bits per heavy atom. The number of carbonyl (C=O) groups is 3. The summed E-state index contributed by atoms with van der Waals surface area (Å²) in [4.78, 5) is 39.1. The van der Waals surface area contributed by atoms with Gasteiger partial charge < -0.3 is 16.0 Å². The van der Waals surface area contributed by atoms with Gasteiger partial charge in [-0.05, 0) is 79.2 Å². The molecule has 0 aliphatic heterocycles. The van der Waals surface area contributed by atoms with Crippen molar-refractivity contribution in [3.63, 3.8) is 0 Å². The number of carbonyl (C=O) groups excluding carboxylic acids is 3. The molecule has 0 bridgehead atoms. The predicted molar refractivity (Wildman–Crippen MR) is 165 cm³/mol. The summed E-state index contributed by atoms with van der Waals surface area (Å²) < 4.78 is 22.7. The zero-order valence-electron chi connectivity index (χ0n) is 22.5. The maximum Gasteiger partial charge on any atom is 0.272 e. The molecule has 0 radical (unpaired) electrons. The molecule has 0 atom stereocenters. The number of anilines is 2. The summed E-state index contributed by atoms with van der Waals surface area (Å²) in [5.74, 6) is -1.07. The number of thioether (sulfide) groups is 1. The van der Waals surface area contributed by atoms with Crippen LogP contribution in [-0.4, -0.2) is 31.9 Å². The molecular formula is C31H28N4O5S2. The van der Waals surface area contributed by atoms with E-state index in [1.165, 1.54) is 36.0 Å². The Labute approximate surface area is 248 Å². The van der Waals surface area contributed by atoms with E-state index in [0.717, 1.165) is 16.0 Å². The van der Waals surface area contributed by atoms with Crippen LogP contribution in [0.3, 0.4) is 0 Å². The Morgan fingerprint density at radius 2 is 1.45 bits per heavy atom. The predicted octanol–water partition coefficient (Wildman–Crippen LogP) is 4.78. The quantitative estimate of drug-likeness (QED) is 0.152. The fourth-order valence-electron chi connectivity index (χ4n) is 3.78. The molecule has 0 unspecified atom stereocenters. The molecule has 0 aromatic heterocycles. The number of nitrogens with two attached hydrogens (primary N) is 1. The van der Waals surface area contributed by atoms with E-state index in [2.05, 4.69) is 16.0 Å². The van der Waals surface area contributed by atoms with Crippen LogP contribution in [0.4, 0.5) is 11.4 Å². The van der Waals surface area contributed by atoms with E-state index >= 15 is 0 Å². The van der Waals surface area contributed by atoms with Gasteiger partial charge in [-0.1, -0.05) is 48.0 Å². The van der Waals surface area contributed by atoms with Crippen molar-refractivity contribution >= 4 is 57.0 Å². The zero-order valence-corrected chi connectivity index (χ0v) is 24.2. The lowest BCUT2D eigenvalue weighted by atomic mass is 10.1. The number of hydrogen-bond donors (Lipinski definition) is 4. The minimum absolute atomic E-state index is 0.0431. The van der Waals surface area contributed by atoms with Crippen LogP contribution in [0.5, 0.6) is 0 Å². The van der Waals surface area contributed by atoms with Crippen molar-refractivity contribution in [3.05, 3.63) is 126 Å². The number of amides is 3. The molecule has 0 heterocycles. The van der Waals surface area contributed by atoms with Crippen LogP contribution in [0.1, 0.15) is 21.5 Å². The molecule has 4 aromatic rings. The smallest absolute Gasteiger partial charge is 0.272 e. The third-order valence-corrected chi connectivity index (χ3v) is 7.77. The lowest BCUT2D eigenvalue weighted by molar-refractivity contribution is -0.114. The number of hydrogen-bond acceptors (Lipinski definition) is 6. The minimum Gasteiger partial charge on any atom is -0.325 e. The van der Waals surface area contributed by atoms with E-state index in [0.29, 0.717) is 16.9 Å². The summed E-state index contributed by atoms with van der Waals surface area (Å²) in [7, 11) is -3.81. The first-order valence-electron chi connectivity index (χ1n) is 12.7. The SMILES string of the molecule is Cc1cccc(/C=C(\NC(=O)c2ccccc2)C(=O)Nc2ccc(SCC(=O)Nc3ccc(S(N)(=O)=O)cc3)cc2)c1. The molecule has 0 spiro atoms. The first-order chi connectivity index (χ1) is 20.1. The first kappa shape index (κ1) is 30.3. The van der Waals surface area contributed by atoms with Crippen LogP contribution < -0.4 is 21.1 Å². The molecule has 5 N–H and O–H groups in total. The number of benzene rings is 4. The van der Waals surface area contributed by atoms with Gasteiger partial charge in [0.05, 0.1) is 10.6 Å². The van der Waals surface area contributed by atoms with Gasteiger partial charge in [-0.2, -0.15) is 0 Å². The molecule has 0 saturated carbocycles. The summed E-state index contributed by atoms with van der Waals surface area (Å²) in [6, 6.07) is 28.7. The van der Waals surface area contributed by atoms with Crippen LogP contribution in [0.15, 0.2) is 119 Å². The third kappa shape index (κ3) is 8.90. The fourth-order valence-corrected chi connectivity index (χ4v) is 4.99. The van der Waals surface area contributed by atoms with Crippen molar-refractivity contribution in [1.29, 1.82) is 0 Å². The first-order valence-corrected chi connectivity index (χ1v) is 15.2. The van der Waals surface area contributed by atoms with Gasteiger partial charge in [-0.3, -0.25) is 14.4 Å². The molecule has 0 fully saturated rings. The Balaban J connectivity index is 1.38. The van der Waals surface area contributed by atoms with E-state index in [9.17, 15) is 22.8 Å². The Kier molecular flexibility index (Phi) is 9.92. The Bertz CT molecular complexity index is 1720. The molecule has 4 aromatic carbocycles. The largest absolute Gasteiger partial charge is 0.325 e. The maximum absolute atomic E-state index is 13.2. The molecule has 4 rings (SSSR count). The molecule has 11 heteroatoms. The van der Waals surface area contributed by atoms with Gasteiger partial charge in [0.15, 0.2) is 0 Å². The number of aryl methyl sites for hydroxylation is 1. The van der Waals surface area contributed by atoms with Gasteiger partial charge in [0.1, 0.15) is 5.70 Å². The van der Waals surface area contributed by atoms with Crippen LogP contribution in [-0.2, 0) is 19.6 Å². The number of primary sulfonamides is 1. The second-order valence-electron chi connectivity index (χ2n) is 9.18. The summed E-state index contributed by atoms with van der Waals surface area (Å²) in [5.41, 5.74) is 3.24. The van der Waals surface area contributed by atoms with Crippen LogP contribution in [0.2, 0.25) is 0 Å². The van der Waals surface area contributed by atoms with Crippen LogP contribution >= 0.6 is 11.8 Å². The van der Waals surface area contributed by atoms with E-state index in [1.807, 2.05) is 31.2 Å². The fraction of sp³-hybridized carbons (Fsp3) is 0.0645. The highest BCUT2D eigenvalue weighted by Crippen LogP contribution is 2.22. The van der Waals surface area contributed by atoms with Crippen molar-refractivity contribution in [3.8, 4) is 0 Å². The van der Waals surface area contributed by atoms with Crippen molar-refractivity contribution in [2.24, 2.45) is 5.14 Å². The van der Waals surface area contributed by atoms with Crippen molar-refractivity contribution in [2.75, 3.05) is 16.4 Å². The average Bonchev–Trinajstić information content (AvgIpc) is 2.97. The lowest BCUT2D eigenvalue weighted by Crippen LogP contribution is -2.30. The highest BCUT2D eigenvalue weighted by atomic mass is 32.2. The molecule has 0 aliphatic rings. The summed E-state index contributed by atoms with van der Waals surface area (Å²) in [6.45, 7) is 1.94. The van der Waals surface area contributed by atoms with Crippen molar-refractivity contribution < 1.29 is 22.8 Å². The molecule has 9 nitrogen and oxygen atoms in total. The van der Waals surface area contributed by atoms with Crippen molar-refractivity contribution in [2.45, 2.75) is 16.7 Å². The van der Waals surface area contributed by atoms with Crippen molar-refractivity contribution in [1.82, 2.24) is 5.32 Å². The molecule has 42 heavy (non-hydrogen) atoms. The Morgan fingerprint density at radius 1 is 0.810 bits per heavy atom. The second-order valence-corrected chi connectivity index (χ2v) is 11.8. The summed E-state index contributed by atoms with van der Waals surface area (Å²) in [6.07, 6.45) is 1.62. The van der Waals surface area contributed by atoms with Gasteiger partial charge in [-0.25, -0.2) is 13.6 Å². The molecule has 214 valence electrons. The normalized spacial score (nSPS) is 11.4. The van der Waals surface area contributed by atoms with Gasteiger partial charge in [0.25, 0.3) is 11.8 Å². The topological polar surface area (TPSA) is 147 Å². The van der Waals surface area contributed by atoms with E-state index in [1.54, 1.807) is 60.7 Å². The van der Waals surface area contributed by atoms with Crippen LogP contribution in [0, 0.1) is 6.92 Å². The minimum atomic E-state index is -3.81. The molecular weight excluding hydrogens is 572 g/mol. The monoisotopic (exact) mass is 600 g/mol. The highest BCUT2D eigenvalue weighted by Gasteiger charge is 2.15. The standard InChI is InChI=1S/C31H28N4O5S2/c1-21-6-5-7-22(18-21)19-28(35-30(37)23-8-3-2-4-9-23)31(38)34-25-10-14-26(15-11-25)41-20-29(36)33-24-12-16-27(17-13-24)42(32,39)40/h2-19H,20H2,1H3,(H,33,36)(H,34,38)(H,35,37)(H2,32,39,40)/b28-19-. The maximum atomic E-state index is 13.2. The van der Waals surface area contributed by atoms with Gasteiger partial charge in [0, 0.05) is 21.8 Å².